The molecule has 0 radical (unpaired) electrons. The third kappa shape index (κ3) is 4.18. The zero-order chi connectivity index (χ0) is 8.69. The molecule has 0 unspecified atom stereocenters. The van der Waals surface area contributed by atoms with Crippen LogP contribution in [-0.4, -0.2) is 24.6 Å². The fourth-order valence-electron chi connectivity index (χ4n) is 0.435. The number of terminal acetylenes is 1. The summed E-state index contributed by atoms with van der Waals surface area (Å²) in [5.74, 6) is 2.00. The first kappa shape index (κ1) is 9.73. The van der Waals surface area contributed by atoms with Crippen molar-refractivity contribution in [2.45, 2.75) is 6.42 Å². The van der Waals surface area contributed by atoms with E-state index in [9.17, 15) is 4.79 Å². The first-order chi connectivity index (χ1) is 5.22. The summed E-state index contributed by atoms with van der Waals surface area (Å²) in [5, 5.41) is 1.11. The molecule has 0 aliphatic heterocycles. The molecule has 0 aromatic heterocycles. The van der Waals surface area contributed by atoms with Gasteiger partial charge in [0.15, 0.2) is 0 Å². The predicted octanol–water partition coefficient (Wildman–Crippen LogP) is 0.586. The van der Waals surface area contributed by atoms with Gasteiger partial charge in [0.25, 0.3) is 5.91 Å². The Balaban J connectivity index is 3.65. The molecule has 0 aliphatic rings. The van der Waals surface area contributed by atoms with Crippen LogP contribution >= 0.6 is 0 Å². The number of carbonyl (C=O) groups excluding carboxylic acids is 1. The Hall–Kier alpha value is -1.27. The molecule has 0 spiro atoms. The van der Waals surface area contributed by atoms with E-state index >= 15 is 0 Å². The number of hydrogen-bond acceptors (Lipinski definition) is 2. The van der Waals surface area contributed by atoms with Crippen molar-refractivity contribution in [2.24, 2.45) is 0 Å². The van der Waals surface area contributed by atoms with Crippen molar-refractivity contribution in [3.63, 3.8) is 0 Å². The molecule has 11 heavy (non-hydrogen) atoms. The van der Waals surface area contributed by atoms with Crippen molar-refractivity contribution >= 4 is 5.91 Å². The van der Waals surface area contributed by atoms with Gasteiger partial charge in [0.2, 0.25) is 0 Å². The normalized spacial score (nSPS) is 8.36. The van der Waals surface area contributed by atoms with E-state index in [0.717, 1.165) is 5.06 Å². The van der Waals surface area contributed by atoms with E-state index in [1.54, 1.807) is 6.08 Å². The van der Waals surface area contributed by atoms with Crippen LogP contribution < -0.4 is 0 Å². The minimum absolute atomic E-state index is 0.0631. The molecule has 0 aromatic carbocycles. The number of amides is 1. The van der Waals surface area contributed by atoms with E-state index in [1.165, 1.54) is 7.05 Å². The molecule has 0 rings (SSSR count). The fourth-order valence-corrected chi connectivity index (χ4v) is 0.435. The molecule has 0 atom stereocenters. The van der Waals surface area contributed by atoms with Gasteiger partial charge in [0.05, 0.1) is 13.0 Å². The molecule has 3 nitrogen and oxygen atoms in total. The highest BCUT2D eigenvalue weighted by atomic mass is 16.7. The molecule has 0 saturated carbocycles. The zero-order valence-electron chi connectivity index (χ0n) is 6.54. The van der Waals surface area contributed by atoms with Crippen molar-refractivity contribution in [1.29, 1.82) is 0 Å². The molecule has 0 aliphatic carbocycles. The molecule has 0 N–H and O–H groups in total. The first-order valence-corrected chi connectivity index (χ1v) is 3.16. The van der Waals surface area contributed by atoms with Crippen LogP contribution in [0.5, 0.6) is 0 Å². The van der Waals surface area contributed by atoms with Gasteiger partial charge in [-0.2, -0.15) is 0 Å². The van der Waals surface area contributed by atoms with Crippen LogP contribution in [0.25, 0.3) is 0 Å². The van der Waals surface area contributed by atoms with E-state index < -0.39 is 0 Å². The smallest absolute Gasteiger partial charge is 0.257 e. The largest absolute Gasteiger partial charge is 0.271 e. The average Bonchev–Trinajstić information content (AvgIpc) is 2.00. The van der Waals surface area contributed by atoms with Crippen LogP contribution in [-0.2, 0) is 9.63 Å². The second-order valence-corrected chi connectivity index (χ2v) is 1.86. The van der Waals surface area contributed by atoms with Gasteiger partial charge in [-0.3, -0.25) is 9.63 Å². The predicted molar refractivity (Wildman–Crippen MR) is 42.4 cm³/mol. The zero-order valence-corrected chi connectivity index (χ0v) is 6.54. The molecule has 3 heteroatoms. The lowest BCUT2D eigenvalue weighted by atomic mass is 10.4. The Morgan fingerprint density at radius 1 is 1.91 bits per heavy atom. The van der Waals surface area contributed by atoms with Gasteiger partial charge in [-0.15, -0.1) is 13.0 Å². The summed E-state index contributed by atoms with van der Waals surface area (Å²) in [6.07, 6.45) is 6.54. The second kappa shape index (κ2) is 5.51. The Morgan fingerprint density at radius 2 is 2.55 bits per heavy atom. The van der Waals surface area contributed by atoms with E-state index in [0.29, 0.717) is 6.61 Å². The van der Waals surface area contributed by atoms with Gasteiger partial charge in [0.1, 0.15) is 0 Å². The van der Waals surface area contributed by atoms with Gasteiger partial charge in [0, 0.05) is 7.05 Å². The Morgan fingerprint density at radius 3 is 3.00 bits per heavy atom. The minimum Gasteiger partial charge on any atom is -0.271 e. The van der Waals surface area contributed by atoms with Gasteiger partial charge in [-0.05, 0) is 0 Å². The van der Waals surface area contributed by atoms with Crippen LogP contribution in [0, 0.1) is 12.3 Å². The van der Waals surface area contributed by atoms with Gasteiger partial charge >= 0.3 is 0 Å². The summed E-state index contributed by atoms with van der Waals surface area (Å²) in [7, 11) is 1.52. The van der Waals surface area contributed by atoms with Crippen molar-refractivity contribution < 1.29 is 9.63 Å². The van der Waals surface area contributed by atoms with Crippen LogP contribution in [0.3, 0.4) is 0 Å². The van der Waals surface area contributed by atoms with E-state index in [1.807, 2.05) is 0 Å². The monoisotopic (exact) mass is 153 g/mol. The number of rotatable bonds is 4. The summed E-state index contributed by atoms with van der Waals surface area (Å²) in [6.45, 7) is 3.75. The maximum atomic E-state index is 10.9. The number of hydrogen-bond donors (Lipinski definition) is 0. The average molecular weight is 153 g/mol. The van der Waals surface area contributed by atoms with Crippen LogP contribution in [0.1, 0.15) is 6.42 Å². The Kier molecular flexibility index (Phi) is 4.87. The molecule has 1 amide bonds. The third-order valence-corrected chi connectivity index (χ3v) is 0.991. The highest BCUT2D eigenvalue weighted by molar-refractivity contribution is 5.77. The third-order valence-electron chi connectivity index (χ3n) is 0.991. The maximum absolute atomic E-state index is 10.9. The topological polar surface area (TPSA) is 29.5 Å². The SMILES string of the molecule is C#CCC(=O)N(C)OCC=C. The molecule has 0 bridgehead atoms. The lowest BCUT2D eigenvalue weighted by molar-refractivity contribution is -0.173. The number of nitrogens with zero attached hydrogens (tertiary/aromatic N) is 1. The van der Waals surface area contributed by atoms with Crippen molar-refractivity contribution in [1.82, 2.24) is 5.06 Å². The maximum Gasteiger partial charge on any atom is 0.257 e. The lowest BCUT2D eigenvalue weighted by Crippen LogP contribution is -2.26. The molecule has 60 valence electrons. The molecule has 0 saturated heterocycles. The van der Waals surface area contributed by atoms with Gasteiger partial charge in [-0.1, -0.05) is 12.0 Å². The van der Waals surface area contributed by atoms with E-state index in [2.05, 4.69) is 12.5 Å². The van der Waals surface area contributed by atoms with Crippen molar-refractivity contribution in [3.8, 4) is 12.3 Å². The summed E-state index contributed by atoms with van der Waals surface area (Å²) < 4.78 is 0. The van der Waals surface area contributed by atoms with E-state index in [4.69, 9.17) is 11.3 Å². The summed E-state index contributed by atoms with van der Waals surface area (Å²) in [5.41, 5.74) is 0. The Bertz CT molecular complexity index is 181. The number of carbonyl (C=O) groups is 1. The first-order valence-electron chi connectivity index (χ1n) is 3.16. The fraction of sp³-hybridized carbons (Fsp3) is 0.375. The molecule has 0 aromatic rings. The van der Waals surface area contributed by atoms with Crippen molar-refractivity contribution in [2.75, 3.05) is 13.7 Å². The van der Waals surface area contributed by atoms with Crippen LogP contribution in [0.2, 0.25) is 0 Å². The molecule has 0 fully saturated rings. The minimum atomic E-state index is -0.227. The number of hydroxylamine groups is 2. The lowest BCUT2D eigenvalue weighted by Gasteiger charge is -2.13. The summed E-state index contributed by atoms with van der Waals surface area (Å²) in [6, 6.07) is 0. The molecular weight excluding hydrogens is 142 g/mol. The van der Waals surface area contributed by atoms with Crippen LogP contribution in [0.4, 0.5) is 0 Å². The van der Waals surface area contributed by atoms with Gasteiger partial charge < -0.3 is 0 Å². The Labute approximate surface area is 66.6 Å². The second-order valence-electron chi connectivity index (χ2n) is 1.86. The van der Waals surface area contributed by atoms with Crippen LogP contribution in [0.15, 0.2) is 12.7 Å². The van der Waals surface area contributed by atoms with E-state index in [-0.39, 0.29) is 12.3 Å². The molecular formula is C8H11NO2. The standard InChI is InChI=1S/C8H11NO2/c1-4-6-8(10)9(3)11-7-5-2/h1,5H,2,6-7H2,3H3. The highest BCUT2D eigenvalue weighted by Crippen LogP contribution is 1.90. The highest BCUT2D eigenvalue weighted by Gasteiger charge is 2.05. The summed E-state index contributed by atoms with van der Waals surface area (Å²) in [4.78, 5) is 15.7. The summed E-state index contributed by atoms with van der Waals surface area (Å²) >= 11 is 0. The van der Waals surface area contributed by atoms with Crippen molar-refractivity contribution in [3.05, 3.63) is 12.7 Å². The van der Waals surface area contributed by atoms with Gasteiger partial charge in [-0.25, -0.2) is 5.06 Å². The quantitative estimate of drug-likeness (QED) is 0.336. The molecule has 0 heterocycles.